The zero-order valence-corrected chi connectivity index (χ0v) is 10.2. The van der Waals surface area contributed by atoms with Gasteiger partial charge in [-0.15, -0.1) is 0 Å². The molecule has 2 rings (SSSR count). The minimum Gasteiger partial charge on any atom is -0.477 e. The predicted octanol–water partition coefficient (Wildman–Crippen LogP) is 0.472. The Kier molecular flexibility index (Phi) is 2.97. The Balaban J connectivity index is 2.21. The SMILES string of the molecule is CN(C)CC1CN(C)c2cc(C(=O)O)[nH]c2O1. The second-order valence-corrected chi connectivity index (χ2v) is 4.59. The molecule has 0 radical (unpaired) electrons. The number of H-pyrrole nitrogens is 1. The maximum absolute atomic E-state index is 10.9. The van der Waals surface area contributed by atoms with Gasteiger partial charge in [0.2, 0.25) is 5.88 Å². The van der Waals surface area contributed by atoms with Crippen molar-refractivity contribution in [3.63, 3.8) is 0 Å². The molecule has 17 heavy (non-hydrogen) atoms. The number of ether oxygens (including phenoxy) is 1. The first-order chi connectivity index (χ1) is 7.97. The molecule has 6 heteroatoms. The lowest BCUT2D eigenvalue weighted by Gasteiger charge is -2.32. The molecule has 6 nitrogen and oxygen atoms in total. The zero-order chi connectivity index (χ0) is 12.6. The van der Waals surface area contributed by atoms with E-state index in [9.17, 15) is 4.79 Å². The van der Waals surface area contributed by atoms with Crippen molar-refractivity contribution in [2.24, 2.45) is 0 Å². The van der Waals surface area contributed by atoms with E-state index in [1.54, 1.807) is 6.07 Å². The lowest BCUT2D eigenvalue weighted by atomic mass is 10.2. The predicted molar refractivity (Wildman–Crippen MR) is 64.0 cm³/mol. The van der Waals surface area contributed by atoms with Crippen LogP contribution >= 0.6 is 0 Å². The number of carboxylic acids is 1. The standard InChI is InChI=1S/C11H17N3O3/c1-13(2)5-7-6-14(3)9-4-8(11(15)16)12-10(9)17-7/h4,7,12H,5-6H2,1-3H3,(H,15,16). The van der Waals surface area contributed by atoms with Gasteiger partial charge in [0.05, 0.1) is 6.54 Å². The third-order valence-corrected chi connectivity index (χ3v) is 2.73. The van der Waals surface area contributed by atoms with Gasteiger partial charge in [0.15, 0.2) is 0 Å². The lowest BCUT2D eigenvalue weighted by molar-refractivity contribution is 0.0689. The number of aromatic amines is 1. The van der Waals surface area contributed by atoms with Crippen LogP contribution in [0.2, 0.25) is 0 Å². The molecule has 1 aliphatic rings. The Morgan fingerprint density at radius 2 is 2.41 bits per heavy atom. The molecule has 0 spiro atoms. The lowest BCUT2D eigenvalue weighted by Crippen LogP contribution is -2.43. The molecule has 0 saturated heterocycles. The van der Waals surface area contributed by atoms with E-state index in [-0.39, 0.29) is 11.8 Å². The van der Waals surface area contributed by atoms with Crippen LogP contribution in [0.25, 0.3) is 0 Å². The van der Waals surface area contributed by atoms with E-state index >= 15 is 0 Å². The average molecular weight is 239 g/mol. The molecule has 1 atom stereocenters. The molecule has 0 aliphatic carbocycles. The Bertz CT molecular complexity index is 428. The number of aromatic carboxylic acids is 1. The summed E-state index contributed by atoms with van der Waals surface area (Å²) in [6.45, 7) is 1.55. The molecule has 0 aromatic carbocycles. The first-order valence-corrected chi connectivity index (χ1v) is 5.46. The molecule has 1 aliphatic heterocycles. The van der Waals surface area contributed by atoms with Crippen LogP contribution in [0.4, 0.5) is 5.69 Å². The molecular formula is C11H17N3O3. The van der Waals surface area contributed by atoms with E-state index in [4.69, 9.17) is 9.84 Å². The Morgan fingerprint density at radius 3 is 3.00 bits per heavy atom. The number of likely N-dealkylation sites (N-methyl/N-ethyl adjacent to an activating group) is 2. The maximum Gasteiger partial charge on any atom is 0.352 e. The number of nitrogens with zero attached hydrogens (tertiary/aromatic N) is 2. The maximum atomic E-state index is 10.9. The van der Waals surface area contributed by atoms with Crippen molar-refractivity contribution in [1.29, 1.82) is 0 Å². The molecule has 1 aromatic rings. The molecule has 2 N–H and O–H groups in total. The Labute approximate surface area is 99.8 Å². The van der Waals surface area contributed by atoms with Crippen LogP contribution < -0.4 is 9.64 Å². The molecule has 0 bridgehead atoms. The molecule has 0 saturated carbocycles. The third kappa shape index (κ3) is 2.36. The topological polar surface area (TPSA) is 68.8 Å². The molecule has 0 amide bonds. The monoisotopic (exact) mass is 239 g/mol. The highest BCUT2D eigenvalue weighted by Gasteiger charge is 2.27. The highest BCUT2D eigenvalue weighted by Crippen LogP contribution is 2.32. The fraction of sp³-hybridized carbons (Fsp3) is 0.545. The number of hydrogen-bond donors (Lipinski definition) is 2. The van der Waals surface area contributed by atoms with Gasteiger partial charge in [-0.25, -0.2) is 4.79 Å². The number of aromatic nitrogens is 1. The summed E-state index contributed by atoms with van der Waals surface area (Å²) in [6, 6.07) is 1.60. The van der Waals surface area contributed by atoms with Crippen LogP contribution in [0.1, 0.15) is 10.5 Å². The molecule has 94 valence electrons. The minimum atomic E-state index is -0.972. The largest absolute Gasteiger partial charge is 0.477 e. The summed E-state index contributed by atoms with van der Waals surface area (Å²) < 4.78 is 5.74. The summed E-state index contributed by atoms with van der Waals surface area (Å²) in [4.78, 5) is 17.7. The van der Waals surface area contributed by atoms with Gasteiger partial charge in [0.1, 0.15) is 17.5 Å². The second kappa shape index (κ2) is 4.29. The van der Waals surface area contributed by atoms with Gasteiger partial charge >= 0.3 is 5.97 Å². The van der Waals surface area contributed by atoms with Crippen molar-refractivity contribution in [3.05, 3.63) is 11.8 Å². The van der Waals surface area contributed by atoms with Crippen molar-refractivity contribution < 1.29 is 14.6 Å². The summed E-state index contributed by atoms with van der Waals surface area (Å²) in [6.07, 6.45) is 0.0443. The van der Waals surface area contributed by atoms with Crippen molar-refractivity contribution in [2.45, 2.75) is 6.10 Å². The van der Waals surface area contributed by atoms with E-state index < -0.39 is 5.97 Å². The molecule has 1 aromatic heterocycles. The highest BCUT2D eigenvalue weighted by atomic mass is 16.5. The van der Waals surface area contributed by atoms with Crippen LogP contribution in [0, 0.1) is 0 Å². The molecule has 1 unspecified atom stereocenters. The van der Waals surface area contributed by atoms with Gasteiger partial charge in [0.25, 0.3) is 0 Å². The highest BCUT2D eigenvalue weighted by molar-refractivity contribution is 5.88. The molecule has 2 heterocycles. The fourth-order valence-electron chi connectivity index (χ4n) is 2.02. The number of anilines is 1. The number of hydrogen-bond acceptors (Lipinski definition) is 4. The number of carbonyl (C=O) groups is 1. The van der Waals surface area contributed by atoms with Gasteiger partial charge in [-0.05, 0) is 20.2 Å². The normalized spacial score (nSPS) is 19.1. The quantitative estimate of drug-likeness (QED) is 0.802. The van der Waals surface area contributed by atoms with Gasteiger partial charge < -0.3 is 24.6 Å². The van der Waals surface area contributed by atoms with E-state index in [0.717, 1.165) is 18.8 Å². The number of rotatable bonds is 3. The fourth-order valence-corrected chi connectivity index (χ4v) is 2.02. The first kappa shape index (κ1) is 11.8. The van der Waals surface area contributed by atoms with Crippen LogP contribution in [-0.2, 0) is 0 Å². The van der Waals surface area contributed by atoms with Gasteiger partial charge in [-0.2, -0.15) is 0 Å². The smallest absolute Gasteiger partial charge is 0.352 e. The van der Waals surface area contributed by atoms with Gasteiger partial charge in [0, 0.05) is 13.6 Å². The minimum absolute atomic E-state index is 0.0443. The van der Waals surface area contributed by atoms with Crippen LogP contribution in [0.15, 0.2) is 6.07 Å². The van der Waals surface area contributed by atoms with Crippen LogP contribution in [-0.4, -0.2) is 61.3 Å². The van der Waals surface area contributed by atoms with Crippen LogP contribution in [0.3, 0.4) is 0 Å². The van der Waals surface area contributed by atoms with E-state index in [0.29, 0.717) is 5.88 Å². The van der Waals surface area contributed by atoms with Gasteiger partial charge in [-0.3, -0.25) is 0 Å². The van der Waals surface area contributed by atoms with E-state index in [2.05, 4.69) is 4.98 Å². The van der Waals surface area contributed by atoms with Crippen LogP contribution in [0.5, 0.6) is 5.88 Å². The number of nitrogens with one attached hydrogen (secondary N) is 1. The average Bonchev–Trinajstić information content (AvgIpc) is 2.60. The van der Waals surface area contributed by atoms with E-state index in [1.807, 2.05) is 30.9 Å². The third-order valence-electron chi connectivity index (χ3n) is 2.73. The van der Waals surface area contributed by atoms with Crippen molar-refractivity contribution in [3.8, 4) is 5.88 Å². The molecular weight excluding hydrogens is 222 g/mol. The van der Waals surface area contributed by atoms with Crippen molar-refractivity contribution in [2.75, 3.05) is 39.1 Å². The van der Waals surface area contributed by atoms with E-state index in [1.165, 1.54) is 0 Å². The summed E-state index contributed by atoms with van der Waals surface area (Å²) in [5.41, 5.74) is 0.963. The summed E-state index contributed by atoms with van der Waals surface area (Å²) in [7, 11) is 5.90. The van der Waals surface area contributed by atoms with Crippen molar-refractivity contribution in [1.82, 2.24) is 9.88 Å². The molecule has 0 fully saturated rings. The van der Waals surface area contributed by atoms with Gasteiger partial charge in [-0.1, -0.05) is 0 Å². The summed E-state index contributed by atoms with van der Waals surface area (Å²) in [5, 5.41) is 8.92. The van der Waals surface area contributed by atoms with Crippen molar-refractivity contribution >= 4 is 11.7 Å². The summed E-state index contributed by atoms with van der Waals surface area (Å²) in [5.74, 6) is -0.427. The number of carboxylic acid groups (broad SMARTS) is 1. The second-order valence-electron chi connectivity index (χ2n) is 4.59. The Hall–Kier alpha value is -1.69. The summed E-state index contributed by atoms with van der Waals surface area (Å²) >= 11 is 0. The number of fused-ring (bicyclic) bond motifs is 1. The zero-order valence-electron chi connectivity index (χ0n) is 10.2. The Morgan fingerprint density at radius 1 is 1.71 bits per heavy atom. The first-order valence-electron chi connectivity index (χ1n) is 5.46.